The maximum atomic E-state index is 13.9. The first-order valence-corrected chi connectivity index (χ1v) is 18.2. The van der Waals surface area contributed by atoms with E-state index in [4.69, 9.17) is 4.74 Å². The highest BCUT2D eigenvalue weighted by atomic mass is 32.2. The third-order valence-corrected chi connectivity index (χ3v) is 11.5. The van der Waals surface area contributed by atoms with Gasteiger partial charge in [0.2, 0.25) is 0 Å². The van der Waals surface area contributed by atoms with Crippen LogP contribution in [0.15, 0.2) is 69.5 Å². The van der Waals surface area contributed by atoms with Gasteiger partial charge in [-0.3, -0.25) is 9.62 Å². The summed E-state index contributed by atoms with van der Waals surface area (Å²) in [5.41, 5.74) is -4.86. The number of anilines is 2. The lowest BCUT2D eigenvalue weighted by molar-refractivity contribution is -0.0435. The average Bonchev–Trinajstić information content (AvgIpc) is 3.03. The van der Waals surface area contributed by atoms with Crippen molar-refractivity contribution >= 4 is 43.1 Å². The zero-order valence-corrected chi connectivity index (χ0v) is 26.5. The molecule has 11 nitrogen and oxygen atoms in total. The van der Waals surface area contributed by atoms with Crippen molar-refractivity contribution < 1.29 is 34.7 Å². The molecule has 3 heterocycles. The fourth-order valence-corrected chi connectivity index (χ4v) is 8.07. The Morgan fingerprint density at radius 1 is 1.04 bits per heavy atom. The van der Waals surface area contributed by atoms with Crippen LogP contribution >= 0.6 is 11.8 Å². The van der Waals surface area contributed by atoms with Crippen molar-refractivity contribution in [2.24, 2.45) is 0 Å². The van der Waals surface area contributed by atoms with E-state index in [1.165, 1.54) is 18.1 Å². The number of hydrogen-bond donors (Lipinski definition) is 3. The number of ether oxygens (including phenoxy) is 1. The molecule has 1 aromatic heterocycles. The molecule has 17 heteroatoms. The number of thioether (sulfide) groups is 1. The first-order valence-electron chi connectivity index (χ1n) is 14.2. The Bertz CT molecular complexity index is 1690. The number of alkyl halides is 3. The second-order valence-corrected chi connectivity index (χ2v) is 15.2. The van der Waals surface area contributed by atoms with E-state index >= 15 is 0 Å². The van der Waals surface area contributed by atoms with Gasteiger partial charge in [0.25, 0.3) is 19.9 Å². The van der Waals surface area contributed by atoms with Crippen molar-refractivity contribution in [1.82, 2.24) is 20.2 Å². The molecule has 0 aliphatic carbocycles. The molecule has 1 fully saturated rings. The Balaban J connectivity index is 1.46. The Hall–Kier alpha value is -2.96. The molecule has 45 heavy (non-hydrogen) atoms. The SMILES string of the molecule is O=S(=O)(Nc1ncnc2c1CCNC2)c1ccc(NC(CCN2CCOCC2)CSc2ccccc2)c(S(=O)(=O)C(F)(F)F)c1. The number of nitrogens with zero attached hydrogens (tertiary/aromatic N) is 3. The number of hydrogen-bond acceptors (Lipinski definition) is 11. The van der Waals surface area contributed by atoms with Gasteiger partial charge in [-0.1, -0.05) is 18.2 Å². The van der Waals surface area contributed by atoms with Gasteiger partial charge in [-0.05, 0) is 49.7 Å². The van der Waals surface area contributed by atoms with E-state index in [0.717, 1.165) is 17.0 Å². The fourth-order valence-electron chi connectivity index (χ4n) is 4.99. The van der Waals surface area contributed by atoms with Gasteiger partial charge in [-0.15, -0.1) is 11.8 Å². The number of benzene rings is 2. The van der Waals surface area contributed by atoms with Crippen LogP contribution in [0.5, 0.6) is 0 Å². The summed E-state index contributed by atoms with van der Waals surface area (Å²) in [5, 5.41) is 6.12. The molecule has 5 rings (SSSR count). The van der Waals surface area contributed by atoms with Gasteiger partial charge in [0.05, 0.1) is 29.5 Å². The van der Waals surface area contributed by atoms with E-state index in [2.05, 4.69) is 30.2 Å². The van der Waals surface area contributed by atoms with Gasteiger partial charge in [0.1, 0.15) is 17.0 Å². The lowest BCUT2D eigenvalue weighted by Gasteiger charge is -2.29. The summed E-state index contributed by atoms with van der Waals surface area (Å²) in [5.74, 6) is 0.403. The zero-order valence-electron chi connectivity index (χ0n) is 24.1. The van der Waals surface area contributed by atoms with Crippen LogP contribution in [0.25, 0.3) is 0 Å². The Kier molecular flexibility index (Phi) is 10.6. The molecule has 0 bridgehead atoms. The highest BCUT2D eigenvalue weighted by molar-refractivity contribution is 7.99. The minimum Gasteiger partial charge on any atom is -0.380 e. The zero-order chi connectivity index (χ0) is 32.1. The van der Waals surface area contributed by atoms with E-state index in [9.17, 15) is 30.0 Å². The highest BCUT2D eigenvalue weighted by Gasteiger charge is 2.48. The van der Waals surface area contributed by atoms with Crippen molar-refractivity contribution in [3.8, 4) is 0 Å². The third kappa shape index (κ3) is 8.26. The molecule has 0 amide bonds. The van der Waals surface area contributed by atoms with Crippen LogP contribution in [-0.4, -0.2) is 88.4 Å². The van der Waals surface area contributed by atoms with E-state index in [1.54, 1.807) is 0 Å². The molecule has 0 spiro atoms. The summed E-state index contributed by atoms with van der Waals surface area (Å²) in [6.45, 7) is 4.12. The molecule has 2 aromatic carbocycles. The van der Waals surface area contributed by atoms with Crippen molar-refractivity contribution in [1.29, 1.82) is 0 Å². The van der Waals surface area contributed by atoms with Gasteiger partial charge < -0.3 is 15.4 Å². The number of aromatic nitrogens is 2. The molecule has 1 atom stereocenters. The van der Waals surface area contributed by atoms with Crippen molar-refractivity contribution in [3.05, 3.63) is 66.1 Å². The predicted molar refractivity (Wildman–Crippen MR) is 164 cm³/mol. The summed E-state index contributed by atoms with van der Waals surface area (Å²) >= 11 is 1.47. The minimum absolute atomic E-state index is 0.00922. The van der Waals surface area contributed by atoms with Crippen LogP contribution in [0.3, 0.4) is 0 Å². The third-order valence-electron chi connectivity index (χ3n) is 7.42. The molecule has 3 N–H and O–H groups in total. The Labute approximate surface area is 264 Å². The lowest BCUT2D eigenvalue weighted by Crippen LogP contribution is -2.39. The van der Waals surface area contributed by atoms with E-state index in [1.807, 2.05) is 30.3 Å². The quantitative estimate of drug-likeness (QED) is 0.241. The first kappa shape index (κ1) is 33.4. The smallest absolute Gasteiger partial charge is 0.380 e. The number of nitrogens with one attached hydrogen (secondary N) is 3. The summed E-state index contributed by atoms with van der Waals surface area (Å²) in [7, 11) is -10.5. The molecule has 1 unspecified atom stereocenters. The molecular formula is C28H33F3N6O5S3. The van der Waals surface area contributed by atoms with Crippen LogP contribution < -0.4 is 15.4 Å². The second-order valence-electron chi connectivity index (χ2n) is 10.5. The van der Waals surface area contributed by atoms with Gasteiger partial charge in [-0.25, -0.2) is 26.8 Å². The summed E-state index contributed by atoms with van der Waals surface area (Å²) in [4.78, 5) is 9.45. The van der Waals surface area contributed by atoms with Gasteiger partial charge in [0, 0.05) is 48.4 Å². The monoisotopic (exact) mass is 686 g/mol. The number of halogens is 3. The predicted octanol–water partition coefficient (Wildman–Crippen LogP) is 3.51. The van der Waals surface area contributed by atoms with Crippen molar-refractivity contribution in [2.45, 2.75) is 45.6 Å². The highest BCUT2D eigenvalue weighted by Crippen LogP contribution is 2.37. The van der Waals surface area contributed by atoms with Crippen molar-refractivity contribution in [2.75, 3.05) is 55.2 Å². The van der Waals surface area contributed by atoms with Crippen LogP contribution in [0.2, 0.25) is 0 Å². The average molecular weight is 687 g/mol. The molecule has 2 aliphatic rings. The number of sulfonamides is 1. The van der Waals surface area contributed by atoms with Crippen LogP contribution in [0.4, 0.5) is 24.7 Å². The molecule has 244 valence electrons. The van der Waals surface area contributed by atoms with Crippen LogP contribution in [0.1, 0.15) is 17.7 Å². The second kappa shape index (κ2) is 14.2. The fraction of sp³-hybridized carbons (Fsp3) is 0.429. The normalized spacial score (nSPS) is 17.0. The molecule has 2 aliphatic heterocycles. The maximum Gasteiger partial charge on any atom is 0.501 e. The molecule has 0 saturated carbocycles. The van der Waals surface area contributed by atoms with Gasteiger partial charge >= 0.3 is 5.51 Å². The van der Waals surface area contributed by atoms with E-state index < -0.39 is 41.2 Å². The van der Waals surface area contributed by atoms with Gasteiger partial charge in [-0.2, -0.15) is 13.2 Å². The Morgan fingerprint density at radius 3 is 2.53 bits per heavy atom. The first-order chi connectivity index (χ1) is 21.4. The molecular weight excluding hydrogens is 654 g/mol. The van der Waals surface area contributed by atoms with E-state index in [-0.39, 0.29) is 11.5 Å². The number of fused-ring (bicyclic) bond motifs is 1. The Morgan fingerprint density at radius 2 is 1.80 bits per heavy atom. The van der Waals surface area contributed by atoms with Crippen molar-refractivity contribution in [3.63, 3.8) is 0 Å². The maximum absolute atomic E-state index is 13.9. The minimum atomic E-state index is -5.95. The molecule has 1 saturated heterocycles. The van der Waals surface area contributed by atoms with E-state index in [0.29, 0.717) is 81.9 Å². The van der Waals surface area contributed by atoms with Gasteiger partial charge in [0.15, 0.2) is 0 Å². The number of rotatable bonds is 12. The summed E-state index contributed by atoms with van der Waals surface area (Å²) in [6.07, 6.45) is 2.10. The standard InChI is InChI=1S/C28H33F3N6O5S3/c29-28(30,31)44(38,39)26-16-22(45(40,41)36-27-23-8-10-32-17-25(23)33-19-34-27)6-7-24(26)35-20(9-11-37-12-14-42-15-13-37)18-43-21-4-2-1-3-5-21/h1-7,16,19-20,32,35H,8-15,17-18H2,(H,33,34,36). The summed E-state index contributed by atoms with van der Waals surface area (Å²) < 4.78 is 102. The van der Waals surface area contributed by atoms with Crippen LogP contribution in [-0.2, 0) is 37.6 Å². The molecule has 3 aromatic rings. The lowest BCUT2D eigenvalue weighted by atomic mass is 10.1. The topological polar surface area (TPSA) is 143 Å². The molecule has 0 radical (unpaired) electrons. The number of sulfone groups is 1. The largest absolute Gasteiger partial charge is 0.501 e. The van der Waals surface area contributed by atoms with Crippen LogP contribution in [0, 0.1) is 0 Å². The summed E-state index contributed by atoms with van der Waals surface area (Å²) in [6, 6.07) is 11.7. The number of morpholine rings is 1.